The summed E-state index contributed by atoms with van der Waals surface area (Å²) < 4.78 is 11.2. The normalized spacial score (nSPS) is 49.5. The van der Waals surface area contributed by atoms with Gasteiger partial charge in [0.2, 0.25) is 11.5 Å². The monoisotopic (exact) mass is 298 g/mol. The Labute approximate surface area is 123 Å². The summed E-state index contributed by atoms with van der Waals surface area (Å²) in [6.45, 7) is 0. The zero-order valence-corrected chi connectivity index (χ0v) is 12.1. The Bertz CT molecular complexity index is 421. The average molecular weight is 299 g/mol. The van der Waals surface area contributed by atoms with Crippen molar-refractivity contribution in [1.82, 2.24) is 0 Å². The minimum atomic E-state index is -0.790. The van der Waals surface area contributed by atoms with Crippen molar-refractivity contribution >= 4 is 22.8 Å². The molecule has 4 bridgehead atoms. The molecule has 0 N–H and O–H groups in total. The highest BCUT2D eigenvalue weighted by atomic mass is 35.5. The lowest BCUT2D eigenvalue weighted by Crippen LogP contribution is -2.49. The van der Waals surface area contributed by atoms with Crippen LogP contribution in [0.5, 0.6) is 0 Å². The predicted molar refractivity (Wildman–Crippen MR) is 70.8 cm³/mol. The lowest BCUT2D eigenvalue weighted by molar-refractivity contribution is -0.179. The van der Waals surface area contributed by atoms with Gasteiger partial charge in [0, 0.05) is 5.92 Å². The van der Waals surface area contributed by atoms with Gasteiger partial charge in [-0.15, -0.1) is 0 Å². The van der Waals surface area contributed by atoms with Crippen LogP contribution in [0, 0.1) is 29.6 Å². The molecule has 0 radical (unpaired) electrons. The van der Waals surface area contributed by atoms with Crippen molar-refractivity contribution < 1.29 is 19.1 Å². The van der Waals surface area contributed by atoms with Gasteiger partial charge in [-0.2, -0.15) is 0 Å². The van der Waals surface area contributed by atoms with Crippen LogP contribution in [-0.4, -0.2) is 23.6 Å². The van der Waals surface area contributed by atoms with Crippen LogP contribution in [0.15, 0.2) is 0 Å². The third-order valence-corrected chi connectivity index (χ3v) is 5.91. The maximum atomic E-state index is 11.8. The molecule has 2 atom stereocenters. The maximum absolute atomic E-state index is 11.8. The molecule has 2 unspecified atom stereocenters. The summed E-state index contributed by atoms with van der Waals surface area (Å²) >= 11 is 5.35. The molecule has 4 nitrogen and oxygen atoms in total. The number of rotatable bonds is 3. The third-order valence-electron chi connectivity index (χ3n) is 5.75. The van der Waals surface area contributed by atoms with Gasteiger partial charge in [0.25, 0.3) is 0 Å². The van der Waals surface area contributed by atoms with Crippen LogP contribution in [-0.2, 0) is 19.1 Å². The maximum Gasteiger partial charge on any atom is 0.338 e. The fourth-order valence-corrected chi connectivity index (χ4v) is 5.43. The Morgan fingerprint density at radius 1 is 1.10 bits per heavy atom. The predicted octanol–water partition coefficient (Wildman–Crippen LogP) is 2.48. The highest BCUT2D eigenvalue weighted by molar-refractivity contribution is 6.63. The van der Waals surface area contributed by atoms with Crippen molar-refractivity contribution in [2.45, 2.75) is 50.9 Å². The summed E-state index contributed by atoms with van der Waals surface area (Å²) in [6.07, 6.45) is 5.12. The summed E-state index contributed by atoms with van der Waals surface area (Å²) in [6, 6.07) is 0. The Hall–Kier alpha value is -0.610. The van der Waals surface area contributed by atoms with Gasteiger partial charge in [0.1, 0.15) is 0 Å². The number of esters is 1. The van der Waals surface area contributed by atoms with E-state index in [4.69, 9.17) is 21.1 Å². The summed E-state index contributed by atoms with van der Waals surface area (Å²) in [5, 5.41) is -0.544. The van der Waals surface area contributed by atoms with E-state index in [0.29, 0.717) is 17.8 Å². The first-order valence-electron chi connectivity index (χ1n) is 7.64. The van der Waals surface area contributed by atoms with Gasteiger partial charge in [-0.05, 0) is 67.4 Å². The summed E-state index contributed by atoms with van der Waals surface area (Å²) in [5.74, 6) is 2.95. The number of carbonyl (C=O) groups is 2. The van der Waals surface area contributed by atoms with Crippen molar-refractivity contribution in [3.63, 3.8) is 0 Å². The molecule has 5 heteroatoms. The fourth-order valence-electron chi connectivity index (χ4n) is 5.29. The van der Waals surface area contributed by atoms with E-state index < -0.39 is 23.6 Å². The lowest BCUT2D eigenvalue weighted by atomic mass is 9.51. The highest BCUT2D eigenvalue weighted by Gasteiger charge is 2.54. The molecule has 1 aliphatic heterocycles. The van der Waals surface area contributed by atoms with E-state index in [1.807, 2.05) is 0 Å². The van der Waals surface area contributed by atoms with Gasteiger partial charge in [-0.25, -0.2) is 4.79 Å². The van der Waals surface area contributed by atoms with Crippen LogP contribution in [0.25, 0.3) is 0 Å². The first kappa shape index (κ1) is 13.1. The molecule has 20 heavy (non-hydrogen) atoms. The lowest BCUT2D eigenvalue weighted by Gasteiger charge is -2.55. The van der Waals surface area contributed by atoms with Crippen LogP contribution in [0.4, 0.5) is 0 Å². The van der Waals surface area contributed by atoms with Crippen LogP contribution < -0.4 is 0 Å². The molecular weight excluding hydrogens is 280 g/mol. The summed E-state index contributed by atoms with van der Waals surface area (Å²) in [5.41, 5.74) is 0. The van der Waals surface area contributed by atoms with Gasteiger partial charge in [0.15, 0.2) is 6.10 Å². The van der Waals surface area contributed by atoms with Gasteiger partial charge in [0.05, 0.1) is 6.42 Å². The number of carbonyl (C=O) groups excluding carboxylic acids is 2. The molecule has 110 valence electrons. The molecular formula is C15H19ClO4. The van der Waals surface area contributed by atoms with Crippen LogP contribution in [0.3, 0.4) is 0 Å². The molecule has 4 aliphatic carbocycles. The molecule has 5 rings (SSSR count). The van der Waals surface area contributed by atoms with Crippen LogP contribution in [0.2, 0.25) is 0 Å². The van der Waals surface area contributed by atoms with Gasteiger partial charge in [-0.1, -0.05) is 0 Å². The van der Waals surface area contributed by atoms with Crippen molar-refractivity contribution in [2.75, 3.05) is 0 Å². The zero-order valence-electron chi connectivity index (χ0n) is 11.3. The molecule has 0 aromatic rings. The Kier molecular flexibility index (Phi) is 3.08. The number of hydrogen-bond donors (Lipinski definition) is 0. The second-order valence-electron chi connectivity index (χ2n) is 7.00. The molecule has 0 aromatic carbocycles. The number of hydrogen-bond acceptors (Lipinski definition) is 4. The highest BCUT2D eigenvalue weighted by Crippen LogP contribution is 2.58. The van der Waals surface area contributed by atoms with E-state index in [0.717, 1.165) is 11.8 Å². The molecule has 0 aromatic heterocycles. The number of halogens is 1. The minimum Gasteiger partial charge on any atom is -0.433 e. The number of cyclic esters (lactones) is 1. The topological polar surface area (TPSA) is 52.6 Å². The Morgan fingerprint density at radius 2 is 1.70 bits per heavy atom. The van der Waals surface area contributed by atoms with Gasteiger partial charge in [-0.3, -0.25) is 4.79 Å². The first-order valence-corrected chi connectivity index (χ1v) is 8.02. The summed E-state index contributed by atoms with van der Waals surface area (Å²) in [7, 11) is 0. The Balaban J connectivity index is 1.49. The summed E-state index contributed by atoms with van der Waals surface area (Å²) in [4.78, 5) is 22.7. The molecule has 1 saturated heterocycles. The minimum absolute atomic E-state index is 0.0792. The van der Waals surface area contributed by atoms with E-state index in [1.165, 1.54) is 32.1 Å². The zero-order chi connectivity index (χ0) is 13.9. The molecule has 0 amide bonds. The second-order valence-corrected chi connectivity index (χ2v) is 7.42. The van der Waals surface area contributed by atoms with E-state index >= 15 is 0 Å². The molecule has 0 spiro atoms. The largest absolute Gasteiger partial charge is 0.433 e. The standard InChI is InChI=1S/C15H19ClO4/c16-12(17)6-11-14(18)20-15(19-11)13-9-2-7-1-8(4-9)5-10(13)3-7/h7-11,13,15H,1-6H2. The molecule has 5 fully saturated rings. The Morgan fingerprint density at radius 3 is 2.25 bits per heavy atom. The van der Waals surface area contributed by atoms with E-state index in [-0.39, 0.29) is 6.42 Å². The van der Waals surface area contributed by atoms with E-state index in [2.05, 4.69) is 0 Å². The van der Waals surface area contributed by atoms with Crippen molar-refractivity contribution in [2.24, 2.45) is 29.6 Å². The first-order chi connectivity index (χ1) is 9.60. The van der Waals surface area contributed by atoms with Crippen molar-refractivity contribution in [1.29, 1.82) is 0 Å². The molecule has 1 heterocycles. The van der Waals surface area contributed by atoms with E-state index in [1.54, 1.807) is 0 Å². The SMILES string of the molecule is O=C(Cl)CC1OC(C2C3CC4CC(C3)CC2C4)OC1=O. The third kappa shape index (κ3) is 2.08. The van der Waals surface area contributed by atoms with Gasteiger partial charge >= 0.3 is 5.97 Å². The van der Waals surface area contributed by atoms with E-state index in [9.17, 15) is 9.59 Å². The average Bonchev–Trinajstić information content (AvgIpc) is 2.68. The molecule has 5 aliphatic rings. The van der Waals surface area contributed by atoms with Gasteiger partial charge < -0.3 is 9.47 Å². The van der Waals surface area contributed by atoms with Crippen LogP contribution in [0.1, 0.15) is 38.5 Å². The fraction of sp³-hybridized carbons (Fsp3) is 0.867. The van der Waals surface area contributed by atoms with Crippen LogP contribution >= 0.6 is 11.6 Å². The second kappa shape index (κ2) is 4.70. The number of ether oxygens (including phenoxy) is 2. The molecule has 4 saturated carbocycles. The van der Waals surface area contributed by atoms with Crippen molar-refractivity contribution in [3.05, 3.63) is 0 Å². The quantitative estimate of drug-likeness (QED) is 0.593. The smallest absolute Gasteiger partial charge is 0.338 e. The van der Waals surface area contributed by atoms with Crippen molar-refractivity contribution in [3.8, 4) is 0 Å².